The Kier molecular flexibility index (Phi) is 5.69. The lowest BCUT2D eigenvalue weighted by Gasteiger charge is -2.17. The number of rotatable bonds is 6. The summed E-state index contributed by atoms with van der Waals surface area (Å²) in [5.41, 5.74) is 1.43. The highest BCUT2D eigenvalue weighted by atomic mass is 35.5. The summed E-state index contributed by atoms with van der Waals surface area (Å²) in [6, 6.07) is 14.3. The molecule has 1 aromatic heterocycles. The van der Waals surface area contributed by atoms with Gasteiger partial charge < -0.3 is 5.11 Å². The SMILES string of the molecule is O=C(CSc1nnc(-c2ccccc2Cl)n1C1CCCC1)c1ccc(O)cc1. The zero-order chi connectivity index (χ0) is 19.5. The van der Waals surface area contributed by atoms with Crippen molar-refractivity contribution in [3.05, 3.63) is 59.1 Å². The highest BCUT2D eigenvalue weighted by Gasteiger charge is 2.26. The summed E-state index contributed by atoms with van der Waals surface area (Å²) in [6.07, 6.45) is 4.52. The van der Waals surface area contributed by atoms with Crippen LogP contribution in [0.5, 0.6) is 5.75 Å². The number of hydrogen-bond donors (Lipinski definition) is 1. The smallest absolute Gasteiger partial charge is 0.192 e. The number of phenolic OH excluding ortho intramolecular Hbond substituents is 1. The molecule has 0 unspecified atom stereocenters. The minimum atomic E-state index is -0.00901. The number of benzene rings is 2. The van der Waals surface area contributed by atoms with Crippen molar-refractivity contribution in [2.75, 3.05) is 5.75 Å². The van der Waals surface area contributed by atoms with Crippen LogP contribution in [-0.4, -0.2) is 31.4 Å². The first-order chi connectivity index (χ1) is 13.6. The third-order valence-corrected chi connectivity index (χ3v) is 6.26. The molecule has 1 aliphatic carbocycles. The standard InChI is InChI=1S/C21H20ClN3O2S/c22-18-8-4-3-7-17(18)20-23-24-21(25(20)15-5-1-2-6-15)28-13-19(27)14-9-11-16(26)12-10-14/h3-4,7-12,15,26H,1-2,5-6,13H2. The average Bonchev–Trinajstić information content (AvgIpc) is 3.36. The summed E-state index contributed by atoms with van der Waals surface area (Å²) < 4.78 is 2.16. The summed E-state index contributed by atoms with van der Waals surface area (Å²) in [4.78, 5) is 12.5. The van der Waals surface area contributed by atoms with Gasteiger partial charge in [-0.15, -0.1) is 10.2 Å². The normalized spacial score (nSPS) is 14.5. The highest BCUT2D eigenvalue weighted by molar-refractivity contribution is 7.99. The van der Waals surface area contributed by atoms with Gasteiger partial charge in [-0.1, -0.05) is 48.3 Å². The van der Waals surface area contributed by atoms with Crippen LogP contribution in [0, 0.1) is 0 Å². The molecule has 1 saturated carbocycles. The molecule has 0 atom stereocenters. The van der Waals surface area contributed by atoms with Gasteiger partial charge in [-0.05, 0) is 49.2 Å². The Bertz CT molecular complexity index is 982. The molecule has 0 aliphatic heterocycles. The third-order valence-electron chi connectivity index (χ3n) is 4.99. The maximum absolute atomic E-state index is 12.5. The van der Waals surface area contributed by atoms with Crippen molar-refractivity contribution in [3.8, 4) is 17.1 Å². The van der Waals surface area contributed by atoms with Crippen LogP contribution in [-0.2, 0) is 0 Å². The summed E-state index contributed by atoms with van der Waals surface area (Å²) in [5.74, 6) is 1.16. The van der Waals surface area contributed by atoms with E-state index in [1.807, 2.05) is 24.3 Å². The van der Waals surface area contributed by atoms with Crippen molar-refractivity contribution in [3.63, 3.8) is 0 Å². The van der Waals surface area contributed by atoms with Gasteiger partial charge in [0.05, 0.1) is 10.8 Å². The summed E-state index contributed by atoms with van der Waals surface area (Å²) in [7, 11) is 0. The Morgan fingerprint density at radius 2 is 1.82 bits per heavy atom. The van der Waals surface area contributed by atoms with Gasteiger partial charge in [0.2, 0.25) is 0 Å². The van der Waals surface area contributed by atoms with E-state index < -0.39 is 0 Å². The molecule has 0 amide bonds. The number of halogens is 1. The Morgan fingerprint density at radius 1 is 1.11 bits per heavy atom. The molecule has 0 spiro atoms. The van der Waals surface area contributed by atoms with Crippen molar-refractivity contribution in [2.45, 2.75) is 36.9 Å². The van der Waals surface area contributed by atoms with Gasteiger partial charge in [0, 0.05) is 17.2 Å². The predicted molar refractivity (Wildman–Crippen MR) is 111 cm³/mol. The number of carbonyl (C=O) groups is 1. The van der Waals surface area contributed by atoms with Crippen LogP contribution >= 0.6 is 23.4 Å². The van der Waals surface area contributed by atoms with E-state index in [1.165, 1.54) is 36.7 Å². The Balaban J connectivity index is 1.61. The van der Waals surface area contributed by atoms with E-state index in [2.05, 4.69) is 14.8 Å². The molecule has 2 aromatic carbocycles. The maximum Gasteiger partial charge on any atom is 0.192 e. The van der Waals surface area contributed by atoms with Crippen molar-refractivity contribution in [1.82, 2.24) is 14.8 Å². The van der Waals surface area contributed by atoms with E-state index in [1.54, 1.807) is 12.1 Å². The molecule has 144 valence electrons. The number of aromatic hydroxyl groups is 1. The van der Waals surface area contributed by atoms with Crippen molar-refractivity contribution < 1.29 is 9.90 Å². The zero-order valence-electron chi connectivity index (χ0n) is 15.2. The van der Waals surface area contributed by atoms with E-state index in [0.29, 0.717) is 16.6 Å². The molecule has 1 fully saturated rings. The van der Waals surface area contributed by atoms with E-state index >= 15 is 0 Å². The Labute approximate surface area is 172 Å². The van der Waals surface area contributed by atoms with Crippen LogP contribution in [0.15, 0.2) is 53.7 Å². The molecule has 0 radical (unpaired) electrons. The van der Waals surface area contributed by atoms with Crippen molar-refractivity contribution >= 4 is 29.1 Å². The van der Waals surface area contributed by atoms with Crippen molar-refractivity contribution in [1.29, 1.82) is 0 Å². The zero-order valence-corrected chi connectivity index (χ0v) is 16.8. The molecule has 0 saturated heterocycles. The molecule has 4 rings (SSSR count). The van der Waals surface area contributed by atoms with Gasteiger partial charge >= 0.3 is 0 Å². The van der Waals surface area contributed by atoms with E-state index in [-0.39, 0.29) is 17.3 Å². The van der Waals surface area contributed by atoms with Crippen LogP contribution in [0.3, 0.4) is 0 Å². The number of ketones is 1. The molecule has 28 heavy (non-hydrogen) atoms. The number of Topliss-reactive ketones (excluding diaryl/α,β-unsaturated/α-hetero) is 1. The lowest BCUT2D eigenvalue weighted by atomic mass is 10.1. The largest absolute Gasteiger partial charge is 0.508 e. The second kappa shape index (κ2) is 8.37. The van der Waals surface area contributed by atoms with Crippen LogP contribution in [0.2, 0.25) is 5.02 Å². The molecule has 7 heteroatoms. The van der Waals surface area contributed by atoms with Gasteiger partial charge in [-0.25, -0.2) is 0 Å². The molecule has 0 bridgehead atoms. The summed E-state index contributed by atoms with van der Waals surface area (Å²) >= 11 is 7.80. The number of thioether (sulfide) groups is 1. The van der Waals surface area contributed by atoms with Crippen molar-refractivity contribution in [2.24, 2.45) is 0 Å². The second-order valence-corrected chi connectivity index (χ2v) is 8.20. The van der Waals surface area contributed by atoms with E-state index in [4.69, 9.17) is 11.6 Å². The minimum absolute atomic E-state index is 0.00901. The number of hydrogen-bond acceptors (Lipinski definition) is 5. The molecular formula is C21H20ClN3O2S. The third kappa shape index (κ3) is 3.93. The molecule has 1 heterocycles. The number of nitrogens with zero attached hydrogens (tertiary/aromatic N) is 3. The molecule has 1 N–H and O–H groups in total. The molecule has 1 aliphatic rings. The number of carbonyl (C=O) groups excluding carboxylic acids is 1. The van der Waals surface area contributed by atoms with Crippen LogP contribution in [0.1, 0.15) is 42.1 Å². The fraction of sp³-hybridized carbons (Fsp3) is 0.286. The van der Waals surface area contributed by atoms with Gasteiger partial charge in [0.15, 0.2) is 16.8 Å². The maximum atomic E-state index is 12.5. The Morgan fingerprint density at radius 3 is 2.54 bits per heavy atom. The molecule has 5 nitrogen and oxygen atoms in total. The number of phenols is 1. The van der Waals surface area contributed by atoms with Gasteiger partial charge in [-0.2, -0.15) is 0 Å². The molecule has 3 aromatic rings. The average molecular weight is 414 g/mol. The topological polar surface area (TPSA) is 68.0 Å². The molecular weight excluding hydrogens is 394 g/mol. The van der Waals surface area contributed by atoms with Gasteiger partial charge in [0.25, 0.3) is 0 Å². The monoisotopic (exact) mass is 413 g/mol. The van der Waals surface area contributed by atoms with E-state index in [0.717, 1.165) is 29.4 Å². The lowest BCUT2D eigenvalue weighted by molar-refractivity contribution is 0.102. The fourth-order valence-corrected chi connectivity index (χ4v) is 4.67. The fourth-order valence-electron chi connectivity index (χ4n) is 3.55. The van der Waals surface area contributed by atoms with Crippen LogP contribution < -0.4 is 0 Å². The first kappa shape index (κ1) is 19.0. The lowest BCUT2D eigenvalue weighted by Crippen LogP contribution is -2.10. The summed E-state index contributed by atoms with van der Waals surface area (Å²) in [6.45, 7) is 0. The van der Waals surface area contributed by atoms with Gasteiger partial charge in [0.1, 0.15) is 5.75 Å². The summed E-state index contributed by atoms with van der Waals surface area (Å²) in [5, 5.41) is 19.6. The predicted octanol–water partition coefficient (Wildman–Crippen LogP) is 5.39. The minimum Gasteiger partial charge on any atom is -0.508 e. The van der Waals surface area contributed by atoms with Gasteiger partial charge in [-0.3, -0.25) is 9.36 Å². The Hall–Kier alpha value is -2.31. The number of aromatic nitrogens is 3. The first-order valence-electron chi connectivity index (χ1n) is 9.28. The van der Waals surface area contributed by atoms with E-state index in [9.17, 15) is 9.90 Å². The van der Waals surface area contributed by atoms with Crippen LogP contribution in [0.4, 0.5) is 0 Å². The first-order valence-corrected chi connectivity index (χ1v) is 10.6. The second-order valence-electron chi connectivity index (χ2n) is 6.85. The van der Waals surface area contributed by atoms with Crippen LogP contribution in [0.25, 0.3) is 11.4 Å². The quantitative estimate of drug-likeness (QED) is 0.433. The highest BCUT2D eigenvalue weighted by Crippen LogP contribution is 2.38.